The van der Waals surface area contributed by atoms with E-state index in [9.17, 15) is 0 Å². The molecule has 0 unspecified atom stereocenters. The molecule has 1 aliphatic carbocycles. The molecule has 5 aromatic carbocycles. The third kappa shape index (κ3) is 8.40. The van der Waals surface area contributed by atoms with Crippen LogP contribution in [0.25, 0.3) is 83.4 Å². The van der Waals surface area contributed by atoms with E-state index in [1.54, 1.807) is 0 Å². The van der Waals surface area contributed by atoms with Crippen LogP contribution in [0.2, 0.25) is 0 Å². The van der Waals surface area contributed by atoms with Crippen LogP contribution in [-0.2, 0) is 6.42 Å². The first-order valence-electron chi connectivity index (χ1n) is 24.8. The van der Waals surface area contributed by atoms with Crippen molar-refractivity contribution < 1.29 is 0 Å². The van der Waals surface area contributed by atoms with Crippen LogP contribution >= 0.6 is 0 Å². The van der Waals surface area contributed by atoms with Crippen LogP contribution in [0.1, 0.15) is 56.6 Å². The van der Waals surface area contributed by atoms with Crippen molar-refractivity contribution in [3.05, 3.63) is 247 Å². The lowest BCUT2D eigenvalue weighted by molar-refractivity contribution is 0.518. The summed E-state index contributed by atoms with van der Waals surface area (Å²) in [6.07, 6.45) is 31.3. The number of pyridine rings is 2. The van der Waals surface area contributed by atoms with E-state index in [1.165, 1.54) is 72.4 Å². The molecule has 1 N–H and O–H groups in total. The van der Waals surface area contributed by atoms with Gasteiger partial charge in [0.15, 0.2) is 0 Å². The molecule has 71 heavy (non-hydrogen) atoms. The van der Waals surface area contributed by atoms with Gasteiger partial charge in [-0.3, -0.25) is 4.98 Å². The number of rotatable bonds is 7. The number of nitrogens with zero attached hydrogens (tertiary/aromatic N) is 6. The SMILES string of the molecule is C/C=C\C.C/C=C\C(=C/C)N1C=CCC1.C1=CC(c2cc(-n3c4ccccc4c4cc(-n5c6c7c(ccc8cccc5c87)Cc5c(ccn5-c5ccccc5)C=6)ccc43)cc(-c3ccncc3)n2)=CCN1. The van der Waals surface area contributed by atoms with Gasteiger partial charge in [0.2, 0.25) is 0 Å². The molecule has 7 nitrogen and oxygen atoms in total. The highest BCUT2D eigenvalue weighted by Crippen LogP contribution is 2.38. The van der Waals surface area contributed by atoms with E-state index >= 15 is 0 Å². The molecular weight excluding hydrogens is 867 g/mol. The van der Waals surface area contributed by atoms with Gasteiger partial charge in [0, 0.05) is 94.2 Å². The lowest BCUT2D eigenvalue weighted by atomic mass is 10.00. The van der Waals surface area contributed by atoms with Gasteiger partial charge in [0.25, 0.3) is 0 Å². The van der Waals surface area contributed by atoms with Gasteiger partial charge in [0.1, 0.15) is 0 Å². The van der Waals surface area contributed by atoms with Crippen LogP contribution in [-0.4, -0.2) is 41.7 Å². The average molecular weight is 924 g/mol. The minimum absolute atomic E-state index is 0.771. The number of dihydropyridines is 1. The van der Waals surface area contributed by atoms with E-state index in [4.69, 9.17) is 4.98 Å². The molecule has 7 heteroatoms. The molecule has 2 aliphatic heterocycles. The number of allylic oxidation sites excluding steroid dienone is 7. The predicted octanol–water partition coefficient (Wildman–Crippen LogP) is 14.3. The molecule has 5 aromatic heterocycles. The number of benzene rings is 5. The highest BCUT2D eigenvalue weighted by atomic mass is 15.1. The van der Waals surface area contributed by atoms with Crippen molar-refractivity contribution in [1.29, 1.82) is 0 Å². The van der Waals surface area contributed by atoms with Crippen LogP contribution in [0.15, 0.2) is 219 Å². The zero-order valence-electron chi connectivity index (χ0n) is 40.8. The molecule has 7 heterocycles. The van der Waals surface area contributed by atoms with Gasteiger partial charge >= 0.3 is 0 Å². The summed E-state index contributed by atoms with van der Waals surface area (Å²) in [7, 11) is 0. The van der Waals surface area contributed by atoms with E-state index in [0.29, 0.717) is 0 Å². The van der Waals surface area contributed by atoms with Crippen molar-refractivity contribution in [3.63, 3.8) is 0 Å². The summed E-state index contributed by atoms with van der Waals surface area (Å²) in [6.45, 7) is 10.0. The Labute approximate surface area is 415 Å². The lowest BCUT2D eigenvalue weighted by Crippen LogP contribution is -2.15. The Morgan fingerprint density at radius 1 is 0.662 bits per heavy atom. The van der Waals surface area contributed by atoms with Gasteiger partial charge in [-0.05, 0) is 153 Å². The molecule has 0 bridgehead atoms. The van der Waals surface area contributed by atoms with Crippen molar-refractivity contribution in [3.8, 4) is 28.3 Å². The number of fused-ring (bicyclic) bond motifs is 4. The Kier molecular flexibility index (Phi) is 12.5. The van der Waals surface area contributed by atoms with E-state index < -0.39 is 0 Å². The summed E-state index contributed by atoms with van der Waals surface area (Å²) in [5.41, 5.74) is 16.1. The minimum atomic E-state index is 0.771. The van der Waals surface area contributed by atoms with Crippen molar-refractivity contribution in [2.45, 2.75) is 40.5 Å². The number of hydrogen-bond donors (Lipinski definition) is 1. The summed E-state index contributed by atoms with van der Waals surface area (Å²) < 4.78 is 7.24. The van der Waals surface area contributed by atoms with Crippen molar-refractivity contribution in [2.24, 2.45) is 0 Å². The fraction of sp³-hybridized carbons (Fsp3) is 0.125. The number of nitrogens with one attached hydrogen (secondary N) is 1. The molecule has 0 fully saturated rings. The van der Waals surface area contributed by atoms with Gasteiger partial charge in [-0.2, -0.15) is 0 Å². The molecule has 3 aliphatic rings. The van der Waals surface area contributed by atoms with E-state index in [1.807, 2.05) is 63.6 Å². The maximum absolute atomic E-state index is 5.17. The van der Waals surface area contributed by atoms with Crippen molar-refractivity contribution >= 4 is 55.1 Å². The average Bonchev–Trinajstić information content (AvgIpc) is 4.23. The van der Waals surface area contributed by atoms with E-state index in [0.717, 1.165) is 64.4 Å². The van der Waals surface area contributed by atoms with E-state index in [-0.39, 0.29) is 0 Å². The molecule has 0 atom stereocenters. The van der Waals surface area contributed by atoms with Crippen LogP contribution < -0.4 is 10.7 Å². The number of aromatic nitrogens is 5. The summed E-state index contributed by atoms with van der Waals surface area (Å²) >= 11 is 0. The largest absolute Gasteiger partial charge is 0.387 e. The topological polar surface area (TPSA) is 55.8 Å². The van der Waals surface area contributed by atoms with Gasteiger partial charge in [-0.25, -0.2) is 4.98 Å². The zero-order valence-corrected chi connectivity index (χ0v) is 40.8. The smallest absolute Gasteiger partial charge is 0.0731 e. The minimum Gasteiger partial charge on any atom is -0.387 e. The van der Waals surface area contributed by atoms with E-state index in [2.05, 4.69) is 212 Å². The van der Waals surface area contributed by atoms with Crippen LogP contribution in [0.5, 0.6) is 0 Å². The fourth-order valence-electron chi connectivity index (χ4n) is 10.4. The van der Waals surface area contributed by atoms with Gasteiger partial charge < -0.3 is 23.9 Å². The Morgan fingerprint density at radius 2 is 1.46 bits per heavy atom. The first-order valence-corrected chi connectivity index (χ1v) is 24.8. The fourth-order valence-corrected chi connectivity index (χ4v) is 10.4. The summed E-state index contributed by atoms with van der Waals surface area (Å²) in [5, 5.41) is 10.9. The third-order valence-electron chi connectivity index (χ3n) is 13.8. The molecule has 10 aromatic rings. The van der Waals surface area contributed by atoms with Crippen LogP contribution in [0.3, 0.4) is 0 Å². The zero-order chi connectivity index (χ0) is 48.3. The molecule has 13 rings (SSSR count). The standard InChI is InChI=1S/C50H34N6.C10H15N.C4H8/c1-2-8-37(9-3-1)54-26-21-35-27-48-50-36(28-47(35)54)14-13-34-7-6-12-46(49(34)50)55(48)38-15-16-45-41(29-38)40-10-4-5-11-44(40)56(45)39-30-42(32-17-22-51-23-18-32)53-43(31-39)33-19-24-52-25-20-33;1-3-7-10(4-2)11-8-5-6-9-11;1-3-4-2/h1-24,26-27,29-31,52H,25,28H2;3-5,7-8H,6,9H2,1-2H3;3-4H,1-2H3/b;7-3-,10-4+;4-3-. The number of hydrogen-bond acceptors (Lipinski definition) is 4. The maximum atomic E-state index is 5.17. The summed E-state index contributed by atoms with van der Waals surface area (Å²) in [5.74, 6) is 0. The predicted molar refractivity (Wildman–Crippen MR) is 298 cm³/mol. The molecule has 0 saturated heterocycles. The Balaban J connectivity index is 0.000000317. The first-order chi connectivity index (χ1) is 35.1. The maximum Gasteiger partial charge on any atom is 0.0731 e. The highest BCUT2D eigenvalue weighted by Gasteiger charge is 2.23. The lowest BCUT2D eigenvalue weighted by Gasteiger charge is -2.15. The Bertz CT molecular complexity index is 3830. The summed E-state index contributed by atoms with van der Waals surface area (Å²) in [4.78, 5) is 11.7. The molecular formula is C64H57N7. The molecule has 348 valence electrons. The normalized spacial score (nSPS) is 14.1. The monoisotopic (exact) mass is 923 g/mol. The molecule has 0 spiro atoms. The molecule has 0 amide bonds. The Hall–Kier alpha value is -8.68. The number of para-hydroxylation sites is 2. The van der Waals surface area contributed by atoms with Crippen LogP contribution in [0.4, 0.5) is 0 Å². The second-order valence-electron chi connectivity index (χ2n) is 18.0. The Morgan fingerprint density at radius 3 is 2.24 bits per heavy atom. The van der Waals surface area contributed by atoms with Gasteiger partial charge in [-0.15, -0.1) is 0 Å². The second kappa shape index (κ2) is 19.7. The van der Waals surface area contributed by atoms with Gasteiger partial charge in [-0.1, -0.05) is 97.1 Å². The summed E-state index contributed by atoms with van der Waals surface area (Å²) in [6, 6.07) is 48.6. The van der Waals surface area contributed by atoms with Crippen LogP contribution in [0, 0.1) is 0 Å². The second-order valence-corrected chi connectivity index (χ2v) is 18.0. The quantitative estimate of drug-likeness (QED) is 0.128. The molecule has 0 saturated carbocycles. The highest BCUT2D eigenvalue weighted by molar-refractivity contribution is 6.14. The third-order valence-corrected chi connectivity index (χ3v) is 13.8. The van der Waals surface area contributed by atoms with Gasteiger partial charge in [0.05, 0.1) is 39.0 Å². The molecule has 0 radical (unpaired) electrons. The first kappa shape index (κ1) is 44.8. The van der Waals surface area contributed by atoms with Crippen molar-refractivity contribution in [2.75, 3.05) is 13.1 Å². The van der Waals surface area contributed by atoms with Crippen molar-refractivity contribution in [1.82, 2.24) is 33.9 Å².